The monoisotopic (exact) mass is 494 g/mol. The second-order valence-electron chi connectivity index (χ2n) is 7.35. The second kappa shape index (κ2) is 10.0. The summed E-state index contributed by atoms with van der Waals surface area (Å²) in [6.07, 6.45) is 0. The molecule has 0 aliphatic rings. The van der Waals surface area contributed by atoms with Crippen LogP contribution in [0.4, 0.5) is 10.1 Å². The summed E-state index contributed by atoms with van der Waals surface area (Å²) >= 11 is 12.0. The van der Waals surface area contributed by atoms with Crippen LogP contribution in [0.5, 0.6) is 0 Å². The molecular formula is C23H21Cl2FN2O3S. The first-order valence-electron chi connectivity index (χ1n) is 9.63. The number of amides is 1. The molecule has 0 spiro atoms. The van der Waals surface area contributed by atoms with Crippen molar-refractivity contribution >= 4 is 44.8 Å². The fourth-order valence-corrected chi connectivity index (χ4v) is 4.96. The lowest BCUT2D eigenvalue weighted by molar-refractivity contribution is -0.116. The van der Waals surface area contributed by atoms with E-state index in [0.29, 0.717) is 10.7 Å². The summed E-state index contributed by atoms with van der Waals surface area (Å²) in [5.74, 6) is -1.23. The number of hydrogen-bond donors (Lipinski definition) is 1. The van der Waals surface area contributed by atoms with Crippen molar-refractivity contribution in [3.8, 4) is 0 Å². The predicted molar refractivity (Wildman–Crippen MR) is 125 cm³/mol. The Hall–Kier alpha value is -2.45. The molecule has 9 heteroatoms. The highest BCUT2D eigenvalue weighted by Gasteiger charge is 2.28. The van der Waals surface area contributed by atoms with Crippen molar-refractivity contribution in [2.45, 2.75) is 25.3 Å². The van der Waals surface area contributed by atoms with Gasteiger partial charge in [-0.1, -0.05) is 35.3 Å². The largest absolute Gasteiger partial charge is 0.325 e. The molecule has 0 bridgehead atoms. The SMILES string of the molecule is Cc1cc(C)cc(NC(=O)CN(Cc2c(F)cccc2Cl)S(=O)(=O)c2ccc(Cl)cc2)c1. The van der Waals surface area contributed by atoms with Crippen LogP contribution in [-0.4, -0.2) is 25.2 Å². The summed E-state index contributed by atoms with van der Waals surface area (Å²) in [7, 11) is -4.16. The van der Waals surface area contributed by atoms with Gasteiger partial charge in [-0.3, -0.25) is 4.79 Å². The smallest absolute Gasteiger partial charge is 0.243 e. The van der Waals surface area contributed by atoms with E-state index in [-0.39, 0.29) is 15.5 Å². The molecule has 0 atom stereocenters. The Labute approximate surface area is 196 Å². The van der Waals surface area contributed by atoms with E-state index in [1.807, 2.05) is 19.9 Å². The lowest BCUT2D eigenvalue weighted by Crippen LogP contribution is -2.38. The van der Waals surface area contributed by atoms with Gasteiger partial charge in [0.25, 0.3) is 0 Å². The second-order valence-corrected chi connectivity index (χ2v) is 10.1. The van der Waals surface area contributed by atoms with Crippen LogP contribution in [0.2, 0.25) is 10.0 Å². The van der Waals surface area contributed by atoms with Gasteiger partial charge in [0.1, 0.15) is 5.82 Å². The first-order chi connectivity index (χ1) is 15.1. The van der Waals surface area contributed by atoms with Crippen LogP contribution in [0.1, 0.15) is 16.7 Å². The fraction of sp³-hybridized carbons (Fsp3) is 0.174. The quantitative estimate of drug-likeness (QED) is 0.466. The van der Waals surface area contributed by atoms with Gasteiger partial charge in [0.2, 0.25) is 15.9 Å². The molecule has 3 aromatic rings. The van der Waals surface area contributed by atoms with Crippen LogP contribution < -0.4 is 5.32 Å². The van der Waals surface area contributed by atoms with E-state index in [1.54, 1.807) is 12.1 Å². The number of anilines is 1. The molecular weight excluding hydrogens is 474 g/mol. The van der Waals surface area contributed by atoms with Gasteiger partial charge in [-0.25, -0.2) is 12.8 Å². The van der Waals surface area contributed by atoms with Crippen LogP contribution in [-0.2, 0) is 21.4 Å². The normalized spacial score (nSPS) is 11.6. The molecule has 1 N–H and O–H groups in total. The molecule has 0 heterocycles. The van der Waals surface area contributed by atoms with Gasteiger partial charge in [-0.2, -0.15) is 4.31 Å². The van der Waals surface area contributed by atoms with Crippen molar-refractivity contribution in [2.24, 2.45) is 0 Å². The average Bonchev–Trinajstić information content (AvgIpc) is 2.69. The molecule has 3 aromatic carbocycles. The van der Waals surface area contributed by atoms with E-state index in [4.69, 9.17) is 23.2 Å². The number of sulfonamides is 1. The third-order valence-corrected chi connectivity index (χ3v) is 7.08. The number of nitrogens with one attached hydrogen (secondary N) is 1. The van der Waals surface area contributed by atoms with Crippen molar-refractivity contribution in [3.05, 3.63) is 93.2 Å². The van der Waals surface area contributed by atoms with Gasteiger partial charge in [-0.15, -0.1) is 0 Å². The topological polar surface area (TPSA) is 66.5 Å². The van der Waals surface area contributed by atoms with Gasteiger partial charge in [0, 0.05) is 27.8 Å². The molecule has 5 nitrogen and oxygen atoms in total. The zero-order valence-corrected chi connectivity index (χ0v) is 19.7. The summed E-state index contributed by atoms with van der Waals surface area (Å²) in [6.45, 7) is 2.82. The molecule has 1 amide bonds. The lowest BCUT2D eigenvalue weighted by atomic mass is 10.1. The molecule has 3 rings (SSSR count). The highest BCUT2D eigenvalue weighted by atomic mass is 35.5. The number of benzene rings is 3. The first kappa shape index (κ1) is 24.2. The maximum Gasteiger partial charge on any atom is 0.243 e. The first-order valence-corrected chi connectivity index (χ1v) is 11.8. The molecule has 0 fully saturated rings. The number of carbonyl (C=O) groups is 1. The standard InChI is InChI=1S/C23H21Cl2FN2O3S/c1-15-10-16(2)12-18(11-15)27-23(29)14-28(13-20-21(25)4-3-5-22(20)26)32(30,31)19-8-6-17(24)7-9-19/h3-12H,13-14H2,1-2H3,(H,27,29). The van der Waals surface area contributed by atoms with Gasteiger partial charge in [0.15, 0.2) is 0 Å². The lowest BCUT2D eigenvalue weighted by Gasteiger charge is -2.23. The molecule has 0 aromatic heterocycles. The number of hydrogen-bond acceptors (Lipinski definition) is 3. The Morgan fingerprint density at radius 3 is 2.22 bits per heavy atom. The van der Waals surface area contributed by atoms with Gasteiger partial charge in [-0.05, 0) is 73.5 Å². The zero-order valence-electron chi connectivity index (χ0n) is 17.4. The summed E-state index contributed by atoms with van der Waals surface area (Å²) in [5, 5.41) is 3.14. The summed E-state index contributed by atoms with van der Waals surface area (Å²) in [4.78, 5) is 12.7. The molecule has 0 unspecified atom stereocenters. The van der Waals surface area contributed by atoms with E-state index in [1.165, 1.54) is 42.5 Å². The molecule has 168 valence electrons. The molecule has 0 saturated heterocycles. The Bertz CT molecular complexity index is 1210. The molecule has 0 aliphatic heterocycles. The van der Waals surface area contributed by atoms with E-state index >= 15 is 0 Å². The van der Waals surface area contributed by atoms with E-state index < -0.39 is 34.8 Å². The Morgan fingerprint density at radius 1 is 1.00 bits per heavy atom. The van der Waals surface area contributed by atoms with Crippen molar-refractivity contribution in [1.82, 2.24) is 4.31 Å². The van der Waals surface area contributed by atoms with Gasteiger partial charge >= 0.3 is 0 Å². The van der Waals surface area contributed by atoms with Crippen LogP contribution in [0.25, 0.3) is 0 Å². The Kier molecular flexibility index (Phi) is 7.56. The molecule has 32 heavy (non-hydrogen) atoms. The number of carbonyl (C=O) groups excluding carboxylic acids is 1. The van der Waals surface area contributed by atoms with Gasteiger partial charge in [0.05, 0.1) is 11.4 Å². The summed E-state index contributed by atoms with van der Waals surface area (Å²) < 4.78 is 41.9. The average molecular weight is 495 g/mol. The predicted octanol–water partition coefficient (Wildman–Crippen LogP) is 5.58. The third kappa shape index (κ3) is 5.86. The third-order valence-electron chi connectivity index (χ3n) is 4.67. The van der Waals surface area contributed by atoms with E-state index in [0.717, 1.165) is 15.4 Å². The van der Waals surface area contributed by atoms with Crippen molar-refractivity contribution in [2.75, 3.05) is 11.9 Å². The van der Waals surface area contributed by atoms with Crippen molar-refractivity contribution < 1.29 is 17.6 Å². The molecule has 0 aliphatic carbocycles. The fourth-order valence-electron chi connectivity index (χ4n) is 3.25. The number of nitrogens with zero attached hydrogens (tertiary/aromatic N) is 1. The minimum Gasteiger partial charge on any atom is -0.325 e. The van der Waals surface area contributed by atoms with Gasteiger partial charge < -0.3 is 5.32 Å². The molecule has 0 saturated carbocycles. The van der Waals surface area contributed by atoms with Crippen molar-refractivity contribution in [1.29, 1.82) is 0 Å². The number of aryl methyl sites for hydroxylation is 2. The van der Waals surface area contributed by atoms with Crippen molar-refractivity contribution in [3.63, 3.8) is 0 Å². The zero-order chi connectivity index (χ0) is 23.5. The van der Waals surface area contributed by atoms with E-state index in [9.17, 15) is 17.6 Å². The van der Waals surface area contributed by atoms with Crippen LogP contribution in [0.3, 0.4) is 0 Å². The number of halogens is 3. The highest BCUT2D eigenvalue weighted by Crippen LogP contribution is 2.25. The Morgan fingerprint density at radius 2 is 1.62 bits per heavy atom. The summed E-state index contributed by atoms with van der Waals surface area (Å²) in [5.41, 5.74) is 2.42. The highest BCUT2D eigenvalue weighted by molar-refractivity contribution is 7.89. The minimum atomic E-state index is -4.16. The maximum absolute atomic E-state index is 14.4. The van der Waals surface area contributed by atoms with E-state index in [2.05, 4.69) is 5.32 Å². The number of rotatable bonds is 7. The maximum atomic E-state index is 14.4. The Balaban J connectivity index is 1.94. The minimum absolute atomic E-state index is 0.0223. The van der Waals surface area contributed by atoms with Crippen LogP contribution >= 0.6 is 23.2 Å². The summed E-state index contributed by atoms with van der Waals surface area (Å²) in [6, 6.07) is 15.1. The van der Waals surface area contributed by atoms with Crippen LogP contribution in [0.15, 0.2) is 65.6 Å². The molecule has 0 radical (unpaired) electrons. The van der Waals surface area contributed by atoms with Crippen LogP contribution in [0, 0.1) is 19.7 Å².